The van der Waals surface area contributed by atoms with Gasteiger partial charge in [-0.15, -0.1) is 0 Å². The lowest BCUT2D eigenvalue weighted by Gasteiger charge is -2.17. The van der Waals surface area contributed by atoms with E-state index in [-0.39, 0.29) is 23.6 Å². The van der Waals surface area contributed by atoms with Crippen molar-refractivity contribution >= 4 is 33.4 Å². The van der Waals surface area contributed by atoms with Crippen LogP contribution in [0.4, 0.5) is 10.1 Å². The molecule has 0 aliphatic carbocycles. The Morgan fingerprint density at radius 3 is 2.45 bits per heavy atom. The summed E-state index contributed by atoms with van der Waals surface area (Å²) in [6.07, 6.45) is 0.326. The molecule has 6 heteroatoms. The Bertz CT molecular complexity index is 512. The summed E-state index contributed by atoms with van der Waals surface area (Å²) in [5, 5.41) is 4.91. The van der Waals surface area contributed by atoms with Crippen molar-refractivity contribution in [3.05, 3.63) is 28.5 Å². The van der Waals surface area contributed by atoms with Crippen LogP contribution in [0.1, 0.15) is 27.2 Å². The Hall–Kier alpha value is -1.43. The standard InChI is InChI=1S/C14H18BrFN2O2/c1-14(2,3)7-12(19)17-8-13(20)18-11-5-4-9(15)6-10(11)16/h4-6H,7-8H2,1-3H3,(H,17,19)(H,18,20). The first-order valence-corrected chi connectivity index (χ1v) is 6.98. The van der Waals surface area contributed by atoms with Crippen molar-refractivity contribution < 1.29 is 14.0 Å². The van der Waals surface area contributed by atoms with E-state index >= 15 is 0 Å². The van der Waals surface area contributed by atoms with E-state index in [1.807, 2.05) is 20.8 Å². The maximum Gasteiger partial charge on any atom is 0.243 e. The van der Waals surface area contributed by atoms with Crippen LogP contribution >= 0.6 is 15.9 Å². The molecule has 2 N–H and O–H groups in total. The summed E-state index contributed by atoms with van der Waals surface area (Å²) >= 11 is 3.13. The number of anilines is 1. The molecule has 0 saturated carbocycles. The number of hydrogen-bond acceptors (Lipinski definition) is 2. The van der Waals surface area contributed by atoms with E-state index in [1.54, 1.807) is 6.07 Å². The van der Waals surface area contributed by atoms with Crippen LogP contribution in [0.25, 0.3) is 0 Å². The summed E-state index contributed by atoms with van der Waals surface area (Å²) < 4.78 is 14.1. The van der Waals surface area contributed by atoms with Crippen molar-refractivity contribution in [2.75, 3.05) is 11.9 Å². The maximum atomic E-state index is 13.5. The highest BCUT2D eigenvalue weighted by molar-refractivity contribution is 9.10. The van der Waals surface area contributed by atoms with Gasteiger partial charge in [0.2, 0.25) is 11.8 Å². The number of rotatable bonds is 4. The third-order valence-corrected chi connectivity index (χ3v) is 2.84. The predicted molar refractivity (Wildman–Crippen MR) is 79.8 cm³/mol. The second-order valence-electron chi connectivity index (χ2n) is 5.69. The van der Waals surface area contributed by atoms with Gasteiger partial charge in [-0.25, -0.2) is 4.39 Å². The molecule has 2 amide bonds. The Balaban J connectivity index is 2.46. The van der Waals surface area contributed by atoms with Crippen LogP contribution in [-0.2, 0) is 9.59 Å². The molecule has 0 heterocycles. The molecule has 1 aromatic rings. The highest BCUT2D eigenvalue weighted by Crippen LogP contribution is 2.19. The molecule has 0 spiro atoms. The molecule has 0 saturated heterocycles. The Kier molecular flexibility index (Phi) is 5.68. The molecule has 4 nitrogen and oxygen atoms in total. The van der Waals surface area contributed by atoms with Crippen molar-refractivity contribution in [2.24, 2.45) is 5.41 Å². The fourth-order valence-corrected chi connectivity index (χ4v) is 1.84. The molecule has 0 bridgehead atoms. The first-order chi connectivity index (χ1) is 9.17. The molecule has 0 fully saturated rings. The first kappa shape index (κ1) is 16.6. The van der Waals surface area contributed by atoms with Crippen LogP contribution in [0.3, 0.4) is 0 Å². The van der Waals surface area contributed by atoms with E-state index in [0.717, 1.165) is 0 Å². The number of halogens is 2. The van der Waals surface area contributed by atoms with Crippen LogP contribution in [0, 0.1) is 11.2 Å². The molecule has 20 heavy (non-hydrogen) atoms. The summed E-state index contributed by atoms with van der Waals surface area (Å²) in [7, 11) is 0. The third kappa shape index (κ3) is 6.14. The molecular weight excluding hydrogens is 327 g/mol. The molecule has 0 unspecified atom stereocenters. The van der Waals surface area contributed by atoms with Crippen molar-refractivity contribution in [3.8, 4) is 0 Å². The number of benzene rings is 1. The zero-order chi connectivity index (χ0) is 15.3. The summed E-state index contributed by atoms with van der Waals surface area (Å²) in [5.74, 6) is -1.20. The largest absolute Gasteiger partial charge is 0.347 e. The first-order valence-electron chi connectivity index (χ1n) is 6.19. The molecule has 1 rings (SSSR count). The van der Waals surface area contributed by atoms with Crippen LogP contribution < -0.4 is 10.6 Å². The van der Waals surface area contributed by atoms with Gasteiger partial charge in [0, 0.05) is 10.9 Å². The monoisotopic (exact) mass is 344 g/mol. The van der Waals surface area contributed by atoms with Gasteiger partial charge in [0.05, 0.1) is 12.2 Å². The Morgan fingerprint density at radius 2 is 1.90 bits per heavy atom. The molecular formula is C14H18BrFN2O2. The van der Waals surface area contributed by atoms with Gasteiger partial charge in [-0.3, -0.25) is 9.59 Å². The van der Waals surface area contributed by atoms with Gasteiger partial charge in [-0.05, 0) is 23.6 Å². The topological polar surface area (TPSA) is 58.2 Å². The minimum Gasteiger partial charge on any atom is -0.347 e. The zero-order valence-electron chi connectivity index (χ0n) is 11.7. The van der Waals surface area contributed by atoms with E-state index in [0.29, 0.717) is 10.9 Å². The number of nitrogens with one attached hydrogen (secondary N) is 2. The van der Waals surface area contributed by atoms with Crippen molar-refractivity contribution in [2.45, 2.75) is 27.2 Å². The second kappa shape index (κ2) is 6.83. The summed E-state index contributed by atoms with van der Waals surface area (Å²) in [4.78, 5) is 23.2. The van der Waals surface area contributed by atoms with E-state index in [2.05, 4.69) is 26.6 Å². The average Bonchev–Trinajstić information content (AvgIpc) is 2.28. The minimum absolute atomic E-state index is 0.0864. The van der Waals surface area contributed by atoms with E-state index in [9.17, 15) is 14.0 Å². The minimum atomic E-state index is -0.534. The quantitative estimate of drug-likeness (QED) is 0.881. The predicted octanol–water partition coefficient (Wildman–Crippen LogP) is 3.08. The highest BCUT2D eigenvalue weighted by atomic mass is 79.9. The average molecular weight is 345 g/mol. The van der Waals surface area contributed by atoms with Gasteiger partial charge < -0.3 is 10.6 Å². The van der Waals surface area contributed by atoms with Gasteiger partial charge in [-0.2, -0.15) is 0 Å². The zero-order valence-corrected chi connectivity index (χ0v) is 13.3. The molecule has 0 radical (unpaired) electrons. The fraction of sp³-hybridized carbons (Fsp3) is 0.429. The molecule has 0 aromatic heterocycles. The Labute approximate surface area is 126 Å². The lowest BCUT2D eigenvalue weighted by molar-refractivity contribution is -0.125. The van der Waals surface area contributed by atoms with Crippen molar-refractivity contribution in [1.82, 2.24) is 5.32 Å². The van der Waals surface area contributed by atoms with Gasteiger partial charge in [-0.1, -0.05) is 36.7 Å². The third-order valence-electron chi connectivity index (χ3n) is 2.34. The van der Waals surface area contributed by atoms with Crippen LogP contribution in [0.15, 0.2) is 22.7 Å². The van der Waals surface area contributed by atoms with Gasteiger partial charge in [0.15, 0.2) is 0 Å². The normalized spacial score (nSPS) is 11.1. The summed E-state index contributed by atoms with van der Waals surface area (Å²) in [6.45, 7) is 5.63. The van der Waals surface area contributed by atoms with E-state index in [1.165, 1.54) is 12.1 Å². The molecule has 0 atom stereocenters. The lowest BCUT2D eigenvalue weighted by Crippen LogP contribution is -2.34. The number of amides is 2. The van der Waals surface area contributed by atoms with Gasteiger partial charge in [0.1, 0.15) is 5.82 Å². The molecule has 0 aliphatic heterocycles. The van der Waals surface area contributed by atoms with Gasteiger partial charge in [0.25, 0.3) is 0 Å². The maximum absolute atomic E-state index is 13.5. The molecule has 1 aromatic carbocycles. The Morgan fingerprint density at radius 1 is 1.25 bits per heavy atom. The number of hydrogen-bond donors (Lipinski definition) is 2. The van der Waals surface area contributed by atoms with Crippen LogP contribution in [-0.4, -0.2) is 18.4 Å². The van der Waals surface area contributed by atoms with Crippen LogP contribution in [0.5, 0.6) is 0 Å². The smallest absolute Gasteiger partial charge is 0.243 e. The number of carbonyl (C=O) groups is 2. The van der Waals surface area contributed by atoms with Gasteiger partial charge >= 0.3 is 0 Å². The highest BCUT2D eigenvalue weighted by Gasteiger charge is 2.16. The van der Waals surface area contributed by atoms with Crippen molar-refractivity contribution in [1.29, 1.82) is 0 Å². The lowest BCUT2D eigenvalue weighted by atomic mass is 9.92. The van der Waals surface area contributed by atoms with Crippen molar-refractivity contribution in [3.63, 3.8) is 0 Å². The van der Waals surface area contributed by atoms with E-state index in [4.69, 9.17) is 0 Å². The van der Waals surface area contributed by atoms with E-state index < -0.39 is 11.7 Å². The molecule has 110 valence electrons. The molecule has 0 aliphatic rings. The second-order valence-corrected chi connectivity index (χ2v) is 6.60. The number of carbonyl (C=O) groups excluding carboxylic acids is 2. The fourth-order valence-electron chi connectivity index (χ4n) is 1.51. The summed E-state index contributed by atoms with van der Waals surface area (Å²) in [6, 6.07) is 4.33. The van der Waals surface area contributed by atoms with Crippen LogP contribution in [0.2, 0.25) is 0 Å². The SMILES string of the molecule is CC(C)(C)CC(=O)NCC(=O)Nc1ccc(Br)cc1F. The summed E-state index contributed by atoms with van der Waals surface area (Å²) in [5.41, 5.74) is -0.0541.